The predicted molar refractivity (Wildman–Crippen MR) is 113 cm³/mol. The number of nitro benzene ring substituents is 1. The van der Waals surface area contributed by atoms with Crippen molar-refractivity contribution in [3.05, 3.63) is 64.0 Å². The van der Waals surface area contributed by atoms with Gasteiger partial charge in [-0.1, -0.05) is 12.1 Å². The minimum Gasteiger partial charge on any atom is -0.496 e. The molecule has 1 amide bonds. The molecule has 0 bridgehead atoms. The Bertz CT molecular complexity index is 937. The van der Waals surface area contributed by atoms with Crippen molar-refractivity contribution in [3.63, 3.8) is 0 Å². The number of carbonyl (C=O) groups is 1. The van der Waals surface area contributed by atoms with Crippen LogP contribution in [-0.4, -0.2) is 59.5 Å². The molecular formula is C22H26FN3O5. The van der Waals surface area contributed by atoms with E-state index in [-0.39, 0.29) is 41.9 Å². The lowest BCUT2D eigenvalue weighted by atomic mass is 10.1. The number of hydrogen-bond acceptors (Lipinski definition) is 6. The van der Waals surface area contributed by atoms with Crippen molar-refractivity contribution < 1.29 is 23.6 Å². The molecule has 2 aromatic rings. The molecule has 0 N–H and O–H groups in total. The zero-order valence-electron chi connectivity index (χ0n) is 17.8. The van der Waals surface area contributed by atoms with Gasteiger partial charge in [0.1, 0.15) is 11.6 Å². The van der Waals surface area contributed by atoms with Gasteiger partial charge in [-0.25, -0.2) is 4.39 Å². The average Bonchev–Trinajstić information content (AvgIpc) is 2.75. The minimum absolute atomic E-state index is 0.0230. The lowest BCUT2D eigenvalue weighted by Gasteiger charge is -2.44. The van der Waals surface area contributed by atoms with Crippen LogP contribution in [0.15, 0.2) is 42.5 Å². The van der Waals surface area contributed by atoms with Crippen LogP contribution >= 0.6 is 0 Å². The maximum absolute atomic E-state index is 13.1. The molecule has 1 heterocycles. The van der Waals surface area contributed by atoms with Gasteiger partial charge >= 0.3 is 5.69 Å². The zero-order valence-corrected chi connectivity index (χ0v) is 17.8. The van der Waals surface area contributed by atoms with Crippen molar-refractivity contribution in [2.45, 2.75) is 32.5 Å². The Morgan fingerprint density at radius 1 is 1.16 bits per heavy atom. The Morgan fingerprint density at radius 2 is 1.87 bits per heavy atom. The normalized spacial score (nSPS) is 19.2. The molecule has 3 rings (SSSR count). The van der Waals surface area contributed by atoms with Gasteiger partial charge in [-0.05, 0) is 43.7 Å². The Kier molecular flexibility index (Phi) is 7.06. The summed E-state index contributed by atoms with van der Waals surface area (Å²) in [5, 5.41) is 11.3. The lowest BCUT2D eigenvalue weighted by Crippen LogP contribution is -2.58. The first-order chi connectivity index (χ1) is 14.8. The van der Waals surface area contributed by atoms with Crippen LogP contribution in [0.1, 0.15) is 19.4 Å². The van der Waals surface area contributed by atoms with Crippen molar-refractivity contribution in [1.29, 1.82) is 0 Å². The van der Waals surface area contributed by atoms with Gasteiger partial charge in [0.2, 0.25) is 0 Å². The summed E-state index contributed by atoms with van der Waals surface area (Å²) >= 11 is 0. The molecule has 8 nitrogen and oxygen atoms in total. The van der Waals surface area contributed by atoms with E-state index in [1.807, 2.05) is 13.8 Å². The summed E-state index contributed by atoms with van der Waals surface area (Å²) in [4.78, 5) is 27.5. The molecule has 2 atom stereocenters. The highest BCUT2D eigenvalue weighted by Crippen LogP contribution is 2.31. The number of carbonyl (C=O) groups excluding carboxylic acids is 1. The van der Waals surface area contributed by atoms with Crippen LogP contribution in [-0.2, 0) is 11.3 Å². The molecule has 0 spiro atoms. The van der Waals surface area contributed by atoms with Gasteiger partial charge < -0.3 is 14.4 Å². The molecule has 1 aliphatic rings. The number of piperazine rings is 1. The van der Waals surface area contributed by atoms with Crippen molar-refractivity contribution >= 4 is 11.6 Å². The van der Waals surface area contributed by atoms with E-state index < -0.39 is 4.92 Å². The third-order valence-electron chi connectivity index (χ3n) is 5.45. The largest absolute Gasteiger partial charge is 0.496 e. The van der Waals surface area contributed by atoms with Crippen molar-refractivity contribution in [1.82, 2.24) is 9.80 Å². The highest BCUT2D eigenvalue weighted by atomic mass is 19.1. The number of rotatable bonds is 7. The summed E-state index contributed by atoms with van der Waals surface area (Å²) in [7, 11) is 1.42. The number of nitro groups is 1. The summed E-state index contributed by atoms with van der Waals surface area (Å²) in [5.41, 5.74) is 0.757. The van der Waals surface area contributed by atoms with Gasteiger partial charge in [-0.3, -0.25) is 19.8 Å². The van der Waals surface area contributed by atoms with Crippen LogP contribution in [0.3, 0.4) is 0 Å². The van der Waals surface area contributed by atoms with E-state index >= 15 is 0 Å². The highest BCUT2D eigenvalue weighted by molar-refractivity contribution is 5.78. The Hall–Kier alpha value is -3.20. The molecule has 0 aliphatic carbocycles. The maximum Gasteiger partial charge on any atom is 0.314 e. The molecule has 1 fully saturated rings. The molecule has 2 aromatic carbocycles. The Labute approximate surface area is 180 Å². The summed E-state index contributed by atoms with van der Waals surface area (Å²) in [5.74, 6) is -0.136. The second-order valence-electron chi connectivity index (χ2n) is 7.68. The van der Waals surface area contributed by atoms with Crippen LogP contribution in [0.5, 0.6) is 11.5 Å². The molecule has 1 saturated heterocycles. The van der Waals surface area contributed by atoms with Gasteiger partial charge in [0.15, 0.2) is 12.4 Å². The van der Waals surface area contributed by atoms with E-state index in [0.717, 1.165) is 5.56 Å². The van der Waals surface area contributed by atoms with Crippen LogP contribution in [0.25, 0.3) is 0 Å². The first kappa shape index (κ1) is 22.5. The van der Waals surface area contributed by atoms with Crippen LogP contribution in [0.4, 0.5) is 10.1 Å². The minimum atomic E-state index is -0.568. The fraction of sp³-hybridized carbons (Fsp3) is 0.409. The van der Waals surface area contributed by atoms with Gasteiger partial charge in [-0.15, -0.1) is 0 Å². The first-order valence-corrected chi connectivity index (χ1v) is 10.0. The van der Waals surface area contributed by atoms with Crippen LogP contribution in [0.2, 0.25) is 0 Å². The van der Waals surface area contributed by atoms with Crippen molar-refractivity contribution in [2.24, 2.45) is 0 Å². The monoisotopic (exact) mass is 431 g/mol. The SMILES string of the molecule is COc1ccc(OCC(=O)N2C[C@H](C)N(Cc3ccc(F)cc3)C[C@H]2C)c([N+](=O)[O-])c1. The van der Waals surface area contributed by atoms with E-state index in [0.29, 0.717) is 25.4 Å². The molecule has 9 heteroatoms. The molecule has 166 valence electrons. The molecular weight excluding hydrogens is 405 g/mol. The number of methoxy groups -OCH3 is 1. The van der Waals surface area contributed by atoms with E-state index in [9.17, 15) is 19.3 Å². The van der Waals surface area contributed by atoms with Gasteiger partial charge in [0.05, 0.1) is 18.1 Å². The lowest BCUT2D eigenvalue weighted by molar-refractivity contribution is -0.385. The van der Waals surface area contributed by atoms with Gasteiger partial charge in [-0.2, -0.15) is 0 Å². The predicted octanol–water partition coefficient (Wildman–Crippen LogP) is 3.24. The first-order valence-electron chi connectivity index (χ1n) is 10.0. The van der Waals surface area contributed by atoms with E-state index in [1.54, 1.807) is 23.1 Å². The van der Waals surface area contributed by atoms with Gasteiger partial charge in [0, 0.05) is 31.7 Å². The second-order valence-corrected chi connectivity index (χ2v) is 7.68. The molecule has 0 aromatic heterocycles. The number of nitrogens with zero attached hydrogens (tertiary/aromatic N) is 3. The third-order valence-corrected chi connectivity index (χ3v) is 5.45. The molecule has 0 radical (unpaired) electrons. The molecule has 0 saturated carbocycles. The van der Waals surface area contributed by atoms with Crippen LogP contribution < -0.4 is 9.47 Å². The van der Waals surface area contributed by atoms with E-state index in [1.165, 1.54) is 31.4 Å². The average molecular weight is 431 g/mol. The third kappa shape index (κ3) is 5.49. The maximum atomic E-state index is 13.1. The number of ether oxygens (including phenoxy) is 2. The number of halogens is 1. The number of hydrogen-bond donors (Lipinski definition) is 0. The number of amides is 1. The van der Waals surface area contributed by atoms with Gasteiger partial charge in [0.25, 0.3) is 5.91 Å². The number of benzene rings is 2. The summed E-state index contributed by atoms with van der Waals surface area (Å²) in [6.07, 6.45) is 0. The molecule has 31 heavy (non-hydrogen) atoms. The topological polar surface area (TPSA) is 85.2 Å². The summed E-state index contributed by atoms with van der Waals surface area (Å²) in [6, 6.07) is 10.7. The molecule has 1 aliphatic heterocycles. The van der Waals surface area contributed by atoms with Crippen LogP contribution in [0, 0.1) is 15.9 Å². The Morgan fingerprint density at radius 3 is 2.52 bits per heavy atom. The summed E-state index contributed by atoms with van der Waals surface area (Å²) in [6.45, 7) is 5.54. The fourth-order valence-corrected chi connectivity index (χ4v) is 3.70. The van der Waals surface area contributed by atoms with Crippen molar-refractivity contribution in [3.8, 4) is 11.5 Å². The highest BCUT2D eigenvalue weighted by Gasteiger charge is 2.32. The van der Waals surface area contributed by atoms with E-state index in [2.05, 4.69) is 4.90 Å². The fourth-order valence-electron chi connectivity index (χ4n) is 3.70. The zero-order chi connectivity index (χ0) is 22.5. The quantitative estimate of drug-likeness (QED) is 0.494. The molecule has 0 unspecified atom stereocenters. The Balaban J connectivity index is 1.60. The van der Waals surface area contributed by atoms with Crippen molar-refractivity contribution in [2.75, 3.05) is 26.8 Å². The second kappa shape index (κ2) is 9.74. The summed E-state index contributed by atoms with van der Waals surface area (Å²) < 4.78 is 23.6. The van der Waals surface area contributed by atoms with E-state index in [4.69, 9.17) is 9.47 Å². The smallest absolute Gasteiger partial charge is 0.314 e. The standard InChI is InChI=1S/C22H26FN3O5/c1-15-12-25(16(2)11-24(15)13-17-4-6-18(23)7-5-17)22(27)14-31-21-9-8-19(30-3)10-20(21)26(28)29/h4-10,15-16H,11-14H2,1-3H3/t15-,16+/m0/s1.